The fraction of sp³-hybridized carbons (Fsp3) is 0.400. The van der Waals surface area contributed by atoms with Crippen LogP contribution < -0.4 is 15.7 Å². The van der Waals surface area contributed by atoms with Crippen molar-refractivity contribution in [2.75, 3.05) is 0 Å². The van der Waals surface area contributed by atoms with Gasteiger partial charge in [-0.3, -0.25) is 4.79 Å². The lowest BCUT2D eigenvalue weighted by molar-refractivity contribution is -0.252. The molecule has 0 aliphatic heterocycles. The molecule has 2 N–H and O–H groups in total. The van der Waals surface area contributed by atoms with E-state index in [2.05, 4.69) is 15.6 Å². The molecule has 0 saturated carbocycles. The number of halogens is 1. The van der Waals surface area contributed by atoms with Gasteiger partial charge in [-0.1, -0.05) is 13.8 Å². The Balaban J connectivity index is 2.13. The minimum absolute atomic E-state index is 0.232. The van der Waals surface area contributed by atoms with Crippen LogP contribution in [0.3, 0.4) is 0 Å². The first-order valence-corrected chi connectivity index (χ1v) is 7.93. The molecule has 1 heterocycles. The molecule has 124 valence electrons. The molecule has 2 aromatic rings. The number of benzene rings is 1. The van der Waals surface area contributed by atoms with Crippen LogP contribution in [0.2, 0.25) is 0 Å². The summed E-state index contributed by atoms with van der Waals surface area (Å²) in [6, 6.07) is 2.96. The summed E-state index contributed by atoms with van der Waals surface area (Å²) in [5.74, 6) is -1.03. The molecule has 2 amide bonds. The van der Waals surface area contributed by atoms with Crippen molar-refractivity contribution in [2.24, 2.45) is 5.92 Å². The van der Waals surface area contributed by atoms with E-state index in [-0.39, 0.29) is 11.7 Å². The fourth-order valence-electron chi connectivity index (χ4n) is 2.13. The molecule has 0 spiro atoms. The molecule has 6 nitrogen and oxygen atoms in total. The Labute approximate surface area is 136 Å². The minimum atomic E-state index is -1.50. The van der Waals surface area contributed by atoms with E-state index >= 15 is 0 Å². The fourth-order valence-corrected chi connectivity index (χ4v) is 3.12. The monoisotopic (exact) mass is 338 g/mol. The van der Waals surface area contributed by atoms with E-state index < -0.39 is 24.1 Å². The lowest BCUT2D eigenvalue weighted by Gasteiger charge is -2.24. The summed E-state index contributed by atoms with van der Waals surface area (Å²) in [6.07, 6.45) is -1.50. The number of hydrogen-bond acceptors (Lipinski definition) is 5. The molecule has 0 aliphatic carbocycles. The molecule has 2 atom stereocenters. The Hall–Kier alpha value is -2.22. The van der Waals surface area contributed by atoms with E-state index in [0.29, 0.717) is 15.2 Å². The van der Waals surface area contributed by atoms with Crippen molar-refractivity contribution in [3.05, 3.63) is 29.0 Å². The van der Waals surface area contributed by atoms with Crippen LogP contribution in [0.25, 0.3) is 10.2 Å². The van der Waals surface area contributed by atoms with Gasteiger partial charge in [-0.25, -0.2) is 9.37 Å². The van der Waals surface area contributed by atoms with E-state index in [1.54, 1.807) is 26.8 Å². The van der Waals surface area contributed by atoms with Crippen molar-refractivity contribution >= 4 is 33.6 Å². The van der Waals surface area contributed by atoms with Crippen LogP contribution in [-0.4, -0.2) is 23.0 Å². The molecular weight excluding hydrogens is 321 g/mol. The first kappa shape index (κ1) is 17.1. The number of thiazole rings is 1. The van der Waals surface area contributed by atoms with Crippen LogP contribution in [0.5, 0.6) is 0 Å². The number of rotatable bonds is 5. The van der Waals surface area contributed by atoms with Crippen LogP contribution in [0.4, 0.5) is 9.18 Å². The van der Waals surface area contributed by atoms with Crippen LogP contribution in [0.15, 0.2) is 18.2 Å². The van der Waals surface area contributed by atoms with Gasteiger partial charge in [-0.2, -0.15) is 0 Å². The highest BCUT2D eigenvalue weighted by molar-refractivity contribution is 7.18. The summed E-state index contributed by atoms with van der Waals surface area (Å²) in [5.41, 5.74) is 0.653. The minimum Gasteiger partial charge on any atom is -0.530 e. The van der Waals surface area contributed by atoms with Crippen molar-refractivity contribution in [3.8, 4) is 0 Å². The molecule has 2 unspecified atom stereocenters. The van der Waals surface area contributed by atoms with Crippen LogP contribution in [0, 0.1) is 11.7 Å². The van der Waals surface area contributed by atoms with Crippen LogP contribution in [0.1, 0.15) is 31.8 Å². The van der Waals surface area contributed by atoms with Gasteiger partial charge in [0.25, 0.3) is 0 Å². The molecule has 0 radical (unpaired) electrons. The number of nitrogens with one attached hydrogen (secondary N) is 2. The highest BCUT2D eigenvalue weighted by atomic mass is 32.1. The number of carbonyl (C=O) groups is 2. The number of fused-ring (bicyclic) bond motifs is 1. The van der Waals surface area contributed by atoms with Gasteiger partial charge >= 0.3 is 0 Å². The van der Waals surface area contributed by atoms with Gasteiger partial charge in [-0.05, 0) is 31.0 Å². The highest BCUT2D eigenvalue weighted by Crippen LogP contribution is 2.27. The zero-order chi connectivity index (χ0) is 17.1. The van der Waals surface area contributed by atoms with Gasteiger partial charge in [0.05, 0.1) is 16.3 Å². The summed E-state index contributed by atoms with van der Waals surface area (Å²) in [5, 5.41) is 16.1. The Kier molecular flexibility index (Phi) is 5.15. The van der Waals surface area contributed by atoms with Gasteiger partial charge in [-0.15, -0.1) is 11.3 Å². The van der Waals surface area contributed by atoms with Crippen LogP contribution in [-0.2, 0) is 4.79 Å². The average molecular weight is 338 g/mol. The van der Waals surface area contributed by atoms with Gasteiger partial charge < -0.3 is 20.5 Å². The maximum atomic E-state index is 13.2. The maximum Gasteiger partial charge on any atom is 0.243 e. The van der Waals surface area contributed by atoms with Gasteiger partial charge in [0, 0.05) is 0 Å². The summed E-state index contributed by atoms with van der Waals surface area (Å²) in [6.45, 7) is 5.19. The van der Waals surface area contributed by atoms with E-state index in [1.807, 2.05) is 0 Å². The number of hydrogen-bond donors (Lipinski definition) is 2. The number of carboxylic acid groups (broad SMARTS) is 1. The van der Waals surface area contributed by atoms with Gasteiger partial charge in [0.2, 0.25) is 5.91 Å². The van der Waals surface area contributed by atoms with E-state index in [0.717, 1.165) is 0 Å². The zero-order valence-corrected chi connectivity index (χ0v) is 13.7. The summed E-state index contributed by atoms with van der Waals surface area (Å²) in [4.78, 5) is 27.3. The molecule has 23 heavy (non-hydrogen) atoms. The van der Waals surface area contributed by atoms with Crippen molar-refractivity contribution in [1.29, 1.82) is 0 Å². The molecule has 0 saturated heterocycles. The molecule has 8 heteroatoms. The third-order valence-corrected chi connectivity index (χ3v) is 4.52. The second kappa shape index (κ2) is 6.91. The Morgan fingerprint density at radius 1 is 1.26 bits per heavy atom. The molecule has 0 bridgehead atoms. The topological polar surface area (TPSA) is 94.2 Å². The molecule has 0 aliphatic rings. The standard InChI is InChI=1S/C15H18FN3O3S/c1-7(2)12(19-15(21)22)13(20)17-8(3)14-18-10-5-4-9(16)6-11(10)23-14/h4-8,12,19H,1-3H3,(H,17,20)(H,21,22)/p-1. The smallest absolute Gasteiger partial charge is 0.243 e. The maximum absolute atomic E-state index is 13.2. The Bertz CT molecular complexity index is 732. The lowest BCUT2D eigenvalue weighted by Crippen LogP contribution is -2.53. The molecule has 2 rings (SSSR count). The predicted molar refractivity (Wildman–Crippen MR) is 83.3 cm³/mol. The normalized spacial score (nSPS) is 13.8. The Morgan fingerprint density at radius 3 is 2.57 bits per heavy atom. The summed E-state index contributed by atoms with van der Waals surface area (Å²) < 4.78 is 13.9. The molecule has 1 aromatic heterocycles. The van der Waals surface area contributed by atoms with Crippen molar-refractivity contribution in [3.63, 3.8) is 0 Å². The predicted octanol–water partition coefficient (Wildman–Crippen LogP) is 1.57. The number of aromatic nitrogens is 1. The SMILES string of the molecule is CC(NC(=O)C(NC(=O)[O-])C(C)C)c1nc2ccc(F)cc2s1. The van der Waals surface area contributed by atoms with E-state index in [9.17, 15) is 19.1 Å². The molecule has 1 aromatic carbocycles. The summed E-state index contributed by atoms with van der Waals surface area (Å²) >= 11 is 1.28. The Morgan fingerprint density at radius 2 is 1.96 bits per heavy atom. The van der Waals surface area contributed by atoms with E-state index in [4.69, 9.17) is 0 Å². The van der Waals surface area contributed by atoms with Crippen LogP contribution >= 0.6 is 11.3 Å². The molecular formula is C15H17FN3O3S-. The number of amides is 2. The number of nitrogens with zero attached hydrogens (tertiary/aromatic N) is 1. The third kappa shape index (κ3) is 4.16. The summed E-state index contributed by atoms with van der Waals surface area (Å²) in [7, 11) is 0. The van der Waals surface area contributed by atoms with Crippen molar-refractivity contribution < 1.29 is 19.1 Å². The second-order valence-electron chi connectivity index (χ2n) is 5.55. The van der Waals surface area contributed by atoms with Crippen molar-refractivity contribution in [2.45, 2.75) is 32.9 Å². The number of carbonyl (C=O) groups excluding carboxylic acids is 2. The quantitative estimate of drug-likeness (QED) is 0.865. The lowest BCUT2D eigenvalue weighted by atomic mass is 10.0. The third-order valence-electron chi connectivity index (χ3n) is 3.32. The average Bonchev–Trinajstić information content (AvgIpc) is 2.87. The zero-order valence-electron chi connectivity index (χ0n) is 12.9. The first-order valence-electron chi connectivity index (χ1n) is 7.11. The molecule has 0 fully saturated rings. The largest absolute Gasteiger partial charge is 0.530 e. The van der Waals surface area contributed by atoms with Crippen molar-refractivity contribution in [1.82, 2.24) is 15.6 Å². The highest BCUT2D eigenvalue weighted by Gasteiger charge is 2.24. The van der Waals surface area contributed by atoms with Gasteiger partial charge in [0.15, 0.2) is 0 Å². The second-order valence-corrected chi connectivity index (χ2v) is 6.61. The first-order chi connectivity index (χ1) is 10.8. The van der Waals surface area contributed by atoms with E-state index in [1.165, 1.54) is 23.5 Å². The van der Waals surface area contributed by atoms with Gasteiger partial charge in [0.1, 0.15) is 23.0 Å².